The van der Waals surface area contributed by atoms with Crippen molar-refractivity contribution in [3.63, 3.8) is 0 Å². The number of hydrogen-bond donors (Lipinski definition) is 0. The molecule has 3 aliphatic carbocycles. The second-order valence-electron chi connectivity index (χ2n) is 13.7. The molecule has 0 unspecified atom stereocenters. The highest BCUT2D eigenvalue weighted by molar-refractivity contribution is 6.95. The molecule has 3 aromatic carbocycles. The number of hydrogen-bond acceptors (Lipinski definition) is 0. The molecule has 49 heavy (non-hydrogen) atoms. The first kappa shape index (κ1) is 35.7. The molecule has 13 heteroatoms. The summed E-state index contributed by atoms with van der Waals surface area (Å²) in [5.74, 6) is -29.8. The minimum atomic E-state index is -3.45. The Balaban J connectivity index is 1.67. The summed E-state index contributed by atoms with van der Waals surface area (Å²) in [5.41, 5.74) is -9.48. The van der Waals surface area contributed by atoms with Crippen LogP contribution in [0.1, 0.15) is 131 Å². The van der Waals surface area contributed by atoms with Gasteiger partial charge in [-0.15, -0.1) is 0 Å². The van der Waals surface area contributed by atoms with Crippen LogP contribution in [0.15, 0.2) is 0 Å². The zero-order valence-corrected chi connectivity index (χ0v) is 26.5. The summed E-state index contributed by atoms with van der Waals surface area (Å²) in [7, 11) is 0. The molecule has 264 valence electrons. The molecule has 3 aliphatic rings. The third-order valence-electron chi connectivity index (χ3n) is 10.9. The van der Waals surface area contributed by atoms with E-state index in [1.54, 1.807) is 0 Å². The van der Waals surface area contributed by atoms with E-state index in [-0.39, 0.29) is 38.5 Å². The molecule has 0 atom stereocenters. The zero-order chi connectivity index (χ0) is 35.3. The lowest BCUT2D eigenvalue weighted by Crippen LogP contribution is -2.60. The average Bonchev–Trinajstić information content (AvgIpc) is 3.11. The second-order valence-corrected chi connectivity index (χ2v) is 13.7. The molecule has 0 radical (unpaired) electrons. The summed E-state index contributed by atoms with van der Waals surface area (Å²) in [4.78, 5) is 0. The summed E-state index contributed by atoms with van der Waals surface area (Å²) < 4.78 is 191. The molecule has 0 bridgehead atoms. The van der Waals surface area contributed by atoms with E-state index in [0.29, 0.717) is 57.8 Å². The lowest BCUT2D eigenvalue weighted by Gasteiger charge is -2.28. The van der Waals surface area contributed by atoms with Crippen LogP contribution in [0, 0.1) is 69.8 Å². The zero-order valence-electron chi connectivity index (χ0n) is 26.5. The van der Waals surface area contributed by atoms with Crippen molar-refractivity contribution >= 4 is 23.1 Å². The van der Waals surface area contributed by atoms with E-state index in [0.717, 1.165) is 0 Å². The van der Waals surface area contributed by atoms with Gasteiger partial charge in [0, 0.05) is 33.1 Å². The summed E-state index contributed by atoms with van der Waals surface area (Å²) in [5, 5.41) is 0. The predicted octanol–water partition coefficient (Wildman–Crippen LogP) is 10.0. The smallest absolute Gasteiger partial charge is 0.204 e. The predicted molar refractivity (Wildman–Crippen MR) is 161 cm³/mol. The van der Waals surface area contributed by atoms with E-state index >= 15 is 52.7 Å². The van der Waals surface area contributed by atoms with Gasteiger partial charge in [0.2, 0.25) is 0 Å². The first-order valence-corrected chi connectivity index (χ1v) is 16.9. The number of benzene rings is 3. The minimum absolute atomic E-state index is 0.111. The van der Waals surface area contributed by atoms with Gasteiger partial charge >= 0.3 is 0 Å². The fourth-order valence-corrected chi connectivity index (χ4v) is 8.44. The monoisotopic (exact) mass is 704 g/mol. The van der Waals surface area contributed by atoms with Gasteiger partial charge in [0.1, 0.15) is 0 Å². The van der Waals surface area contributed by atoms with Crippen molar-refractivity contribution in [3.05, 3.63) is 86.5 Å². The van der Waals surface area contributed by atoms with E-state index in [1.165, 1.54) is 0 Å². The molecule has 0 amide bonds. The van der Waals surface area contributed by atoms with Gasteiger partial charge in [-0.1, -0.05) is 57.8 Å². The lowest BCUT2D eigenvalue weighted by molar-refractivity contribution is 0.383. The van der Waals surface area contributed by atoms with Crippen molar-refractivity contribution in [2.24, 2.45) is 0 Å². The van der Waals surface area contributed by atoms with Crippen LogP contribution in [0.4, 0.5) is 52.7 Å². The summed E-state index contributed by atoms with van der Waals surface area (Å²) >= 11 is 0. The summed E-state index contributed by atoms with van der Waals surface area (Å²) in [6, 6.07) is 0. The molecule has 3 aromatic rings. The fraction of sp³-hybridized carbons (Fsp3) is 0.500. The topological polar surface area (TPSA) is 0 Å². The lowest BCUT2D eigenvalue weighted by atomic mass is 9.35. The number of rotatable bonds is 6. The third-order valence-corrected chi connectivity index (χ3v) is 10.9. The van der Waals surface area contributed by atoms with Crippen LogP contribution >= 0.6 is 0 Å². The molecule has 0 heterocycles. The Morgan fingerprint density at radius 3 is 0.633 bits per heavy atom. The van der Waals surface area contributed by atoms with Crippen molar-refractivity contribution in [1.29, 1.82) is 0 Å². The van der Waals surface area contributed by atoms with Gasteiger partial charge in [-0.2, -0.15) is 0 Å². The van der Waals surface area contributed by atoms with Crippen molar-refractivity contribution in [2.75, 3.05) is 0 Å². The SMILES string of the molecule is Fc1c(F)c(C2CCCCC2)c(F)c(F)c1B(c1c(F)c(F)c(C2CCCCC2)c(F)c1F)c1c(F)c(F)c(C2CCCCC2)c(F)c1F. The molecule has 0 spiro atoms. The molecule has 0 aromatic heterocycles. The van der Waals surface area contributed by atoms with Crippen molar-refractivity contribution in [3.8, 4) is 0 Å². The normalized spacial score (nSPS) is 18.4. The van der Waals surface area contributed by atoms with Crippen LogP contribution in [0.5, 0.6) is 0 Å². The van der Waals surface area contributed by atoms with Crippen LogP contribution in [-0.4, -0.2) is 6.71 Å². The molecule has 0 aliphatic heterocycles. The van der Waals surface area contributed by atoms with E-state index < -0.39 is 127 Å². The molecular weight excluding hydrogens is 671 g/mol. The maximum absolute atomic E-state index is 16.1. The Morgan fingerprint density at radius 1 is 0.265 bits per heavy atom. The van der Waals surface area contributed by atoms with Crippen LogP contribution in [0.25, 0.3) is 0 Å². The average molecular weight is 704 g/mol. The van der Waals surface area contributed by atoms with E-state index in [2.05, 4.69) is 0 Å². The molecule has 3 fully saturated rings. The third kappa shape index (κ3) is 6.04. The van der Waals surface area contributed by atoms with Gasteiger partial charge in [-0.05, 0) is 56.3 Å². The van der Waals surface area contributed by atoms with Crippen molar-refractivity contribution < 1.29 is 52.7 Å². The van der Waals surface area contributed by atoms with Gasteiger partial charge in [-0.3, -0.25) is 0 Å². The van der Waals surface area contributed by atoms with Crippen LogP contribution < -0.4 is 16.4 Å². The Bertz CT molecular complexity index is 1460. The van der Waals surface area contributed by atoms with E-state index in [1.807, 2.05) is 0 Å². The Hall–Kier alpha value is -3.12. The Kier molecular flexibility index (Phi) is 10.4. The first-order chi connectivity index (χ1) is 23.4. The summed E-state index contributed by atoms with van der Waals surface area (Å²) in [6.07, 6.45) is 5.36. The van der Waals surface area contributed by atoms with Crippen molar-refractivity contribution in [1.82, 2.24) is 0 Å². The maximum atomic E-state index is 16.1. The quantitative estimate of drug-likeness (QED) is 0.136. The summed E-state index contributed by atoms with van der Waals surface area (Å²) in [6.45, 7) is -3.45. The maximum Gasteiger partial charge on any atom is 0.265 e. The van der Waals surface area contributed by atoms with Gasteiger partial charge in [0.05, 0.1) is 0 Å². The fourth-order valence-electron chi connectivity index (χ4n) is 8.44. The van der Waals surface area contributed by atoms with Crippen LogP contribution in [0.3, 0.4) is 0 Å². The molecule has 6 rings (SSSR count). The molecule has 0 nitrogen and oxygen atoms in total. The standard InChI is InChI=1S/C36H33BF12/c38-25-19(16-10-4-1-5-11-16)26(39)32(45)22(31(25)44)37(23-33(46)27(40)20(28(41)34(23)47)17-12-6-2-7-13-17)24-35(48)29(42)21(30(43)36(24)49)18-14-8-3-9-15-18/h16-18H,1-15H2. The molecule has 0 saturated heterocycles. The molecular formula is C36H33BF12. The van der Waals surface area contributed by atoms with Gasteiger partial charge in [0.15, 0.2) is 69.8 Å². The van der Waals surface area contributed by atoms with Gasteiger partial charge in [0.25, 0.3) is 6.71 Å². The Labute approximate surface area is 276 Å². The first-order valence-electron chi connectivity index (χ1n) is 16.9. The molecule has 0 N–H and O–H groups in total. The largest absolute Gasteiger partial charge is 0.265 e. The van der Waals surface area contributed by atoms with E-state index in [4.69, 9.17) is 0 Å². The number of halogens is 12. The minimum Gasteiger partial charge on any atom is -0.204 e. The van der Waals surface area contributed by atoms with Crippen LogP contribution in [-0.2, 0) is 0 Å². The Morgan fingerprint density at radius 2 is 0.449 bits per heavy atom. The highest BCUT2D eigenvalue weighted by atomic mass is 19.2. The molecule has 3 saturated carbocycles. The van der Waals surface area contributed by atoms with E-state index in [9.17, 15) is 0 Å². The van der Waals surface area contributed by atoms with Gasteiger partial charge < -0.3 is 0 Å². The highest BCUT2D eigenvalue weighted by Gasteiger charge is 2.46. The van der Waals surface area contributed by atoms with Crippen LogP contribution in [0.2, 0.25) is 0 Å². The van der Waals surface area contributed by atoms with Gasteiger partial charge in [-0.25, -0.2) is 52.7 Å². The highest BCUT2D eigenvalue weighted by Crippen LogP contribution is 2.40. The second kappa shape index (κ2) is 14.3. The van der Waals surface area contributed by atoms with Crippen molar-refractivity contribution in [2.45, 2.75) is 114 Å².